The van der Waals surface area contributed by atoms with Gasteiger partial charge in [-0.3, -0.25) is 15.0 Å². The number of amides is 1. The van der Waals surface area contributed by atoms with Crippen LogP contribution in [0.3, 0.4) is 0 Å². The van der Waals surface area contributed by atoms with Crippen molar-refractivity contribution < 1.29 is 31.5 Å². The lowest BCUT2D eigenvalue weighted by atomic mass is 9.90. The Kier molecular flexibility index (Phi) is 10.8. The number of carbonyl (C=O) groups is 2. The zero-order chi connectivity index (χ0) is 33.6. The van der Waals surface area contributed by atoms with Crippen molar-refractivity contribution in [2.75, 3.05) is 22.1 Å². The van der Waals surface area contributed by atoms with Crippen molar-refractivity contribution in [3.63, 3.8) is 0 Å². The number of hydrogen-bond acceptors (Lipinski definition) is 8. The van der Waals surface area contributed by atoms with Gasteiger partial charge in [0.25, 0.3) is 5.97 Å². The average molecular weight is 658 g/mol. The number of sulfonamides is 1. The molecule has 1 heterocycles. The molecule has 0 radical (unpaired) electrons. The number of amidine groups is 1. The number of benzene rings is 3. The molecule has 0 bridgehead atoms. The first-order valence-electron chi connectivity index (χ1n) is 14.0. The highest BCUT2D eigenvalue weighted by molar-refractivity contribution is 7.91. The fourth-order valence-electron chi connectivity index (χ4n) is 4.72. The first kappa shape index (κ1) is 35.2. The average Bonchev–Trinajstić information content (AvgIpc) is 2.93. The predicted octanol–water partition coefficient (Wildman–Crippen LogP) is 3.80. The molecule has 1 aliphatic heterocycles. The lowest BCUT2D eigenvalue weighted by Gasteiger charge is -2.37. The van der Waals surface area contributed by atoms with Crippen LogP contribution >= 0.6 is 0 Å². The lowest BCUT2D eigenvalue weighted by Crippen LogP contribution is -2.54. The summed E-state index contributed by atoms with van der Waals surface area (Å²) in [5, 5.41) is 21.2. The number of sulfone groups is 1. The summed E-state index contributed by atoms with van der Waals surface area (Å²) in [6.45, 7) is 6.40. The molecule has 0 saturated carbocycles. The van der Waals surface area contributed by atoms with Gasteiger partial charge in [-0.25, -0.2) is 21.6 Å². The summed E-state index contributed by atoms with van der Waals surface area (Å²) in [5.74, 6) is -1.65. The molecule has 0 aliphatic carbocycles. The molecule has 0 unspecified atom stereocenters. The van der Waals surface area contributed by atoms with Gasteiger partial charge in [0.15, 0.2) is 9.84 Å². The van der Waals surface area contributed by atoms with Gasteiger partial charge in [0.1, 0.15) is 11.4 Å². The van der Waals surface area contributed by atoms with Crippen LogP contribution in [0.4, 0.5) is 11.4 Å². The molecule has 1 amide bonds. The number of carboxylic acid groups (broad SMARTS) is 1. The molecule has 12 nitrogen and oxygen atoms in total. The fraction of sp³-hybridized carbons (Fsp3) is 0.323. The first-order valence-corrected chi connectivity index (χ1v) is 17.3. The van der Waals surface area contributed by atoms with Crippen LogP contribution in [0.2, 0.25) is 0 Å². The first-order chi connectivity index (χ1) is 20.8. The normalized spacial score (nSPS) is 15.6. The SMILES string of the molecule is CC(=O)O.CC(C)(C)NS(=O)(=O)c1ccccc1-c1ccc(NC(=O)C2(Nc3cccc(C(=N)N)c3)CCS(=O)(=O)CC2)cc1. The van der Waals surface area contributed by atoms with E-state index in [1.807, 2.05) is 0 Å². The Labute approximate surface area is 263 Å². The summed E-state index contributed by atoms with van der Waals surface area (Å²) >= 11 is 0. The largest absolute Gasteiger partial charge is 0.481 e. The van der Waals surface area contributed by atoms with Gasteiger partial charge in [0, 0.05) is 35.0 Å². The molecule has 1 saturated heterocycles. The van der Waals surface area contributed by atoms with Crippen molar-refractivity contribution in [1.29, 1.82) is 5.41 Å². The van der Waals surface area contributed by atoms with Gasteiger partial charge in [-0.1, -0.05) is 42.5 Å². The molecule has 14 heteroatoms. The number of nitrogens with one attached hydrogen (secondary N) is 4. The number of nitrogens with two attached hydrogens (primary N) is 1. The van der Waals surface area contributed by atoms with Crippen molar-refractivity contribution in [2.24, 2.45) is 5.73 Å². The van der Waals surface area contributed by atoms with Gasteiger partial charge in [-0.15, -0.1) is 0 Å². The number of carboxylic acids is 1. The topological polar surface area (TPSA) is 209 Å². The number of aliphatic carboxylic acids is 1. The van der Waals surface area contributed by atoms with E-state index in [0.29, 0.717) is 28.1 Å². The Hall–Kier alpha value is -4.27. The van der Waals surface area contributed by atoms with Crippen LogP contribution in [0, 0.1) is 5.41 Å². The number of carbonyl (C=O) groups excluding carboxylic acids is 1. The summed E-state index contributed by atoms with van der Waals surface area (Å²) in [6, 6.07) is 20.3. The van der Waals surface area contributed by atoms with Crippen LogP contribution in [0.5, 0.6) is 0 Å². The Morgan fingerprint density at radius 1 is 0.933 bits per heavy atom. The maximum Gasteiger partial charge on any atom is 0.300 e. The van der Waals surface area contributed by atoms with Crippen molar-refractivity contribution >= 4 is 48.9 Å². The summed E-state index contributed by atoms with van der Waals surface area (Å²) < 4.78 is 53.3. The molecule has 45 heavy (non-hydrogen) atoms. The highest BCUT2D eigenvalue weighted by Gasteiger charge is 2.43. The van der Waals surface area contributed by atoms with Gasteiger partial charge in [-0.2, -0.15) is 0 Å². The number of anilines is 2. The minimum absolute atomic E-state index is 0.0650. The molecule has 1 fully saturated rings. The van der Waals surface area contributed by atoms with Crippen LogP contribution < -0.4 is 21.1 Å². The van der Waals surface area contributed by atoms with Crippen molar-refractivity contribution in [3.05, 3.63) is 78.4 Å². The molecule has 0 spiro atoms. The summed E-state index contributed by atoms with van der Waals surface area (Å²) in [5.41, 5.74) is 6.41. The summed E-state index contributed by atoms with van der Waals surface area (Å²) in [6.07, 6.45) is 0.130. The van der Waals surface area contributed by atoms with Gasteiger partial charge in [-0.05, 0) is 69.5 Å². The van der Waals surface area contributed by atoms with Crippen molar-refractivity contribution in [2.45, 2.75) is 56.5 Å². The maximum absolute atomic E-state index is 13.7. The third-order valence-electron chi connectivity index (χ3n) is 6.74. The van der Waals surface area contributed by atoms with E-state index >= 15 is 0 Å². The highest BCUT2D eigenvalue weighted by Crippen LogP contribution is 2.32. The van der Waals surface area contributed by atoms with E-state index in [4.69, 9.17) is 21.0 Å². The number of nitrogen functional groups attached to an aromatic ring is 1. The Morgan fingerprint density at radius 3 is 2.07 bits per heavy atom. The third-order valence-corrected chi connectivity index (χ3v) is 10.2. The molecule has 3 aromatic rings. The molecule has 4 rings (SSSR count). The van der Waals surface area contributed by atoms with Crippen LogP contribution in [0.25, 0.3) is 11.1 Å². The molecule has 242 valence electrons. The minimum atomic E-state index is -3.79. The van der Waals surface area contributed by atoms with Gasteiger partial charge >= 0.3 is 0 Å². The standard InChI is InChI=1S/C29H35N5O5S2.C2H4O2/c1-28(2,3)34-41(38,39)25-10-5-4-9-24(25)20-11-13-22(14-12-20)32-27(35)29(15-17-40(36,37)18-16-29)33-23-8-6-7-21(19-23)26(30)31;1-2(3)4/h4-14,19,33-34H,15-18H2,1-3H3,(H3,30,31)(H,32,35);1H3,(H,3,4). The van der Waals surface area contributed by atoms with E-state index in [9.17, 15) is 21.6 Å². The third kappa shape index (κ3) is 9.86. The molecule has 3 aromatic carbocycles. The molecule has 7 N–H and O–H groups in total. The zero-order valence-corrected chi connectivity index (χ0v) is 27.2. The van der Waals surface area contributed by atoms with E-state index in [1.165, 1.54) is 0 Å². The Morgan fingerprint density at radius 2 is 1.51 bits per heavy atom. The lowest BCUT2D eigenvalue weighted by molar-refractivity contribution is -0.134. The summed E-state index contributed by atoms with van der Waals surface area (Å²) in [7, 11) is -7.06. The smallest absolute Gasteiger partial charge is 0.300 e. The predicted molar refractivity (Wildman–Crippen MR) is 176 cm³/mol. The van der Waals surface area contributed by atoms with Crippen molar-refractivity contribution in [3.8, 4) is 11.1 Å². The molecular formula is C31H39N5O7S2. The van der Waals surface area contributed by atoms with Crippen LogP contribution in [-0.2, 0) is 29.4 Å². The summed E-state index contributed by atoms with van der Waals surface area (Å²) in [4.78, 5) is 22.8. The number of rotatable bonds is 8. The quantitative estimate of drug-likeness (QED) is 0.154. The van der Waals surface area contributed by atoms with E-state index < -0.39 is 42.8 Å². The van der Waals surface area contributed by atoms with Crippen molar-refractivity contribution in [1.82, 2.24) is 4.72 Å². The second kappa shape index (κ2) is 13.8. The number of hydrogen-bond donors (Lipinski definition) is 6. The van der Waals surface area contributed by atoms with E-state index in [2.05, 4.69) is 15.4 Å². The van der Waals surface area contributed by atoms with Crippen LogP contribution in [-0.4, -0.2) is 62.2 Å². The van der Waals surface area contributed by atoms with E-state index in [1.54, 1.807) is 93.6 Å². The Bertz CT molecular complexity index is 1770. The maximum atomic E-state index is 13.7. The molecule has 0 aromatic heterocycles. The van der Waals surface area contributed by atoms with Crippen LogP contribution in [0.1, 0.15) is 46.1 Å². The fourth-order valence-corrected chi connectivity index (χ4v) is 7.89. The van der Waals surface area contributed by atoms with Gasteiger partial charge in [0.05, 0.1) is 16.4 Å². The van der Waals surface area contributed by atoms with E-state index in [-0.39, 0.29) is 35.1 Å². The van der Waals surface area contributed by atoms with Gasteiger partial charge < -0.3 is 21.5 Å². The Balaban J connectivity index is 0.00000130. The molecule has 0 atom stereocenters. The van der Waals surface area contributed by atoms with Gasteiger partial charge in [0.2, 0.25) is 15.9 Å². The minimum Gasteiger partial charge on any atom is -0.481 e. The zero-order valence-electron chi connectivity index (χ0n) is 25.5. The molecule has 1 aliphatic rings. The second-order valence-electron chi connectivity index (χ2n) is 11.8. The highest BCUT2D eigenvalue weighted by atomic mass is 32.2. The monoisotopic (exact) mass is 657 g/mol. The van der Waals surface area contributed by atoms with Crippen LogP contribution in [0.15, 0.2) is 77.7 Å². The second-order valence-corrected chi connectivity index (χ2v) is 15.7. The van der Waals surface area contributed by atoms with E-state index in [0.717, 1.165) is 6.92 Å². The molecular weight excluding hydrogens is 619 g/mol.